The van der Waals surface area contributed by atoms with Gasteiger partial charge in [-0.15, -0.1) is 0 Å². The molecule has 5 rings (SSSR count). The van der Waals surface area contributed by atoms with Gasteiger partial charge in [-0.3, -0.25) is 14.2 Å². The normalized spacial score (nSPS) is 13.1. The molecule has 0 bridgehead atoms. The summed E-state index contributed by atoms with van der Waals surface area (Å²) in [6.45, 7) is 0. The van der Waals surface area contributed by atoms with Crippen LogP contribution < -0.4 is 15.6 Å². The van der Waals surface area contributed by atoms with Gasteiger partial charge in [0.05, 0.1) is 15.9 Å². The monoisotopic (exact) mass is 459 g/mol. The molecule has 1 aliphatic rings. The van der Waals surface area contributed by atoms with E-state index >= 15 is 0 Å². The predicted molar refractivity (Wildman–Crippen MR) is 129 cm³/mol. The van der Waals surface area contributed by atoms with Crippen molar-refractivity contribution in [2.75, 3.05) is 5.32 Å². The van der Waals surface area contributed by atoms with E-state index in [0.717, 1.165) is 12.8 Å². The molecule has 1 saturated carbocycles. The lowest BCUT2D eigenvalue weighted by molar-refractivity contribution is -0.116. The molecule has 0 aliphatic heterocycles. The van der Waals surface area contributed by atoms with Gasteiger partial charge in [0.1, 0.15) is 17.3 Å². The number of carbonyl (C=O) groups is 1. The van der Waals surface area contributed by atoms with E-state index in [0.29, 0.717) is 45.4 Å². The number of para-hydroxylation sites is 2. The van der Waals surface area contributed by atoms with Crippen molar-refractivity contribution < 1.29 is 9.53 Å². The van der Waals surface area contributed by atoms with Crippen LogP contribution in [0.5, 0.6) is 11.5 Å². The summed E-state index contributed by atoms with van der Waals surface area (Å²) in [7, 11) is 0. The van der Waals surface area contributed by atoms with Gasteiger partial charge in [-0.25, -0.2) is 4.98 Å². The Morgan fingerprint density at radius 2 is 1.76 bits per heavy atom. The predicted octanol–water partition coefficient (Wildman–Crippen LogP) is 5.75. The highest BCUT2D eigenvalue weighted by Gasteiger charge is 2.28. The van der Waals surface area contributed by atoms with Gasteiger partial charge in [-0.05, 0) is 61.4 Å². The van der Waals surface area contributed by atoms with E-state index in [1.807, 2.05) is 30.3 Å². The molecule has 1 aliphatic carbocycles. The maximum atomic E-state index is 13.0. The molecule has 3 aromatic carbocycles. The van der Waals surface area contributed by atoms with Crippen LogP contribution in [0.2, 0.25) is 5.02 Å². The highest BCUT2D eigenvalue weighted by Crippen LogP contribution is 2.35. The van der Waals surface area contributed by atoms with E-state index in [1.165, 1.54) is 0 Å². The molecule has 6 nitrogen and oxygen atoms in total. The first-order valence-corrected chi connectivity index (χ1v) is 11.3. The second kappa shape index (κ2) is 9.08. The number of amides is 1. The third-order valence-corrected chi connectivity index (χ3v) is 5.88. The Morgan fingerprint density at radius 1 is 1.03 bits per heavy atom. The lowest BCUT2D eigenvalue weighted by Gasteiger charge is -2.13. The minimum absolute atomic E-state index is 0.0207. The van der Waals surface area contributed by atoms with Crippen LogP contribution in [0.25, 0.3) is 10.9 Å². The third-order valence-electron chi connectivity index (χ3n) is 5.57. The first-order valence-electron chi connectivity index (χ1n) is 10.9. The van der Waals surface area contributed by atoms with E-state index in [1.54, 1.807) is 47.0 Å². The molecule has 0 atom stereocenters. The Hall–Kier alpha value is -3.64. The third kappa shape index (κ3) is 4.76. The second-order valence-corrected chi connectivity index (χ2v) is 8.46. The minimum atomic E-state index is -0.139. The molecule has 1 fully saturated rings. The fraction of sp³-hybridized carbons (Fsp3) is 0.192. The first kappa shape index (κ1) is 21.2. The van der Waals surface area contributed by atoms with Gasteiger partial charge in [0.15, 0.2) is 0 Å². The van der Waals surface area contributed by atoms with Crippen molar-refractivity contribution in [3.63, 3.8) is 0 Å². The van der Waals surface area contributed by atoms with E-state index in [2.05, 4.69) is 5.32 Å². The van der Waals surface area contributed by atoms with Crippen LogP contribution in [0.3, 0.4) is 0 Å². The highest BCUT2D eigenvalue weighted by molar-refractivity contribution is 6.32. The number of nitrogens with one attached hydrogen (secondary N) is 1. The summed E-state index contributed by atoms with van der Waals surface area (Å²) >= 11 is 6.13. The molecule has 4 aromatic rings. The number of benzene rings is 3. The van der Waals surface area contributed by atoms with Crippen molar-refractivity contribution in [2.24, 2.45) is 0 Å². The summed E-state index contributed by atoms with van der Waals surface area (Å²) in [6.07, 6.45) is 2.58. The lowest BCUT2D eigenvalue weighted by Crippen LogP contribution is -2.25. The number of aryl methyl sites for hydroxylation is 1. The van der Waals surface area contributed by atoms with Gasteiger partial charge in [-0.1, -0.05) is 35.9 Å². The van der Waals surface area contributed by atoms with Crippen molar-refractivity contribution in [1.82, 2.24) is 9.55 Å². The number of fused-ring (bicyclic) bond motifs is 1. The fourth-order valence-electron chi connectivity index (χ4n) is 3.79. The van der Waals surface area contributed by atoms with Crippen LogP contribution >= 0.6 is 11.6 Å². The van der Waals surface area contributed by atoms with Crippen molar-refractivity contribution in [3.05, 3.63) is 94.0 Å². The number of anilines is 1. The Balaban J connectivity index is 1.25. The number of hydrogen-bond donors (Lipinski definition) is 1. The van der Waals surface area contributed by atoms with Gasteiger partial charge in [0.2, 0.25) is 5.91 Å². The summed E-state index contributed by atoms with van der Waals surface area (Å²) in [6, 6.07) is 21.9. The number of aromatic nitrogens is 2. The van der Waals surface area contributed by atoms with Crippen LogP contribution in [0, 0.1) is 0 Å². The molecule has 1 amide bonds. The second-order valence-electron chi connectivity index (χ2n) is 8.06. The van der Waals surface area contributed by atoms with Crippen molar-refractivity contribution >= 4 is 34.1 Å². The number of carbonyl (C=O) groups excluding carboxylic acids is 1. The van der Waals surface area contributed by atoms with E-state index in [-0.39, 0.29) is 23.9 Å². The quantitative estimate of drug-likeness (QED) is 0.382. The summed E-state index contributed by atoms with van der Waals surface area (Å²) in [5.74, 6) is 1.72. The number of ether oxygens (including phenoxy) is 1. The minimum Gasteiger partial charge on any atom is -0.456 e. The molecular weight excluding hydrogens is 438 g/mol. The standard InChI is InChI=1S/C26H22ClN3O3/c27-21-6-2-4-8-23(21)33-19-13-9-17(10-14-19)28-25(31)16-15-24-29-22-7-3-1-5-20(22)26(32)30(24)18-11-12-18/h1-10,13-14,18H,11-12,15-16H2,(H,28,31). The van der Waals surface area contributed by atoms with Gasteiger partial charge in [0, 0.05) is 24.6 Å². The van der Waals surface area contributed by atoms with E-state index in [9.17, 15) is 9.59 Å². The molecule has 7 heteroatoms. The van der Waals surface area contributed by atoms with Gasteiger partial charge >= 0.3 is 0 Å². The molecule has 1 N–H and O–H groups in total. The molecule has 1 heterocycles. The average Bonchev–Trinajstić information content (AvgIpc) is 3.66. The number of rotatable bonds is 7. The number of halogens is 1. The number of hydrogen-bond acceptors (Lipinski definition) is 4. The maximum absolute atomic E-state index is 13.0. The van der Waals surface area contributed by atoms with Crippen LogP contribution in [0.15, 0.2) is 77.6 Å². The lowest BCUT2D eigenvalue weighted by atomic mass is 10.2. The molecule has 0 spiro atoms. The van der Waals surface area contributed by atoms with E-state index < -0.39 is 0 Å². The first-order chi connectivity index (χ1) is 16.1. The number of nitrogens with zero attached hydrogens (tertiary/aromatic N) is 2. The van der Waals surface area contributed by atoms with Crippen molar-refractivity contribution in [3.8, 4) is 11.5 Å². The van der Waals surface area contributed by atoms with Gasteiger partial charge in [0.25, 0.3) is 5.56 Å². The Bertz CT molecular complexity index is 1380. The Labute approximate surface area is 195 Å². The molecule has 0 saturated heterocycles. The fourth-order valence-corrected chi connectivity index (χ4v) is 3.96. The molecule has 1 aromatic heterocycles. The molecule has 0 radical (unpaired) electrons. The average molecular weight is 460 g/mol. The molecule has 33 heavy (non-hydrogen) atoms. The zero-order valence-electron chi connectivity index (χ0n) is 17.8. The summed E-state index contributed by atoms with van der Waals surface area (Å²) in [5.41, 5.74) is 1.31. The summed E-state index contributed by atoms with van der Waals surface area (Å²) < 4.78 is 7.55. The summed E-state index contributed by atoms with van der Waals surface area (Å²) in [4.78, 5) is 30.2. The van der Waals surface area contributed by atoms with Crippen molar-refractivity contribution in [1.29, 1.82) is 0 Å². The van der Waals surface area contributed by atoms with Gasteiger partial charge < -0.3 is 10.1 Å². The zero-order chi connectivity index (χ0) is 22.8. The van der Waals surface area contributed by atoms with Crippen LogP contribution in [-0.4, -0.2) is 15.5 Å². The largest absolute Gasteiger partial charge is 0.456 e. The van der Waals surface area contributed by atoms with Crippen LogP contribution in [-0.2, 0) is 11.2 Å². The zero-order valence-corrected chi connectivity index (χ0v) is 18.6. The maximum Gasteiger partial charge on any atom is 0.261 e. The molecule has 0 unspecified atom stereocenters. The topological polar surface area (TPSA) is 73.2 Å². The van der Waals surface area contributed by atoms with Crippen molar-refractivity contribution in [2.45, 2.75) is 31.7 Å². The molecular formula is C26H22ClN3O3. The van der Waals surface area contributed by atoms with Crippen LogP contribution in [0.1, 0.15) is 31.1 Å². The summed E-state index contributed by atoms with van der Waals surface area (Å²) in [5, 5.41) is 4.05. The Kier molecular flexibility index (Phi) is 5.84. The van der Waals surface area contributed by atoms with E-state index in [4.69, 9.17) is 21.3 Å². The molecule has 166 valence electrons. The Morgan fingerprint density at radius 3 is 2.52 bits per heavy atom. The van der Waals surface area contributed by atoms with Crippen LogP contribution in [0.4, 0.5) is 5.69 Å². The highest BCUT2D eigenvalue weighted by atomic mass is 35.5. The van der Waals surface area contributed by atoms with Gasteiger partial charge in [-0.2, -0.15) is 0 Å². The SMILES string of the molecule is O=C(CCc1nc2ccccc2c(=O)n1C1CC1)Nc1ccc(Oc2ccccc2Cl)cc1. The smallest absolute Gasteiger partial charge is 0.261 e.